The maximum Gasteiger partial charge on any atom is 0.335 e. The molecule has 0 amide bonds. The van der Waals surface area contributed by atoms with Crippen molar-refractivity contribution in [1.29, 1.82) is 0 Å². The number of aromatic carboxylic acids is 1. The molecule has 1 fully saturated rings. The van der Waals surface area contributed by atoms with Crippen molar-refractivity contribution >= 4 is 28.6 Å². The van der Waals surface area contributed by atoms with Crippen LogP contribution in [0, 0.1) is 11.6 Å². The van der Waals surface area contributed by atoms with Gasteiger partial charge in [-0.1, -0.05) is 41.9 Å². The van der Waals surface area contributed by atoms with Crippen LogP contribution < -0.4 is 4.74 Å². The fraction of sp³-hybridized carbons (Fsp3) is 0.188. The van der Waals surface area contributed by atoms with Crippen LogP contribution in [0.1, 0.15) is 33.7 Å². The Morgan fingerprint density at radius 3 is 2.51 bits per heavy atom. The molecular weight excluding hydrogens is 550 g/mol. The SMILES string of the molecule is O=C(O)c1ccc2nc(Cc3ccc(-c4cccc(OCc5ccc(Cl)cc5F)c4)cc3F)n(CC3CCO3)c2c1. The van der Waals surface area contributed by atoms with E-state index in [0.29, 0.717) is 57.5 Å². The second-order valence-electron chi connectivity index (χ2n) is 9.96. The Labute approximate surface area is 239 Å². The second kappa shape index (κ2) is 11.3. The summed E-state index contributed by atoms with van der Waals surface area (Å²) in [5.74, 6) is -0.693. The van der Waals surface area contributed by atoms with Gasteiger partial charge in [-0.2, -0.15) is 0 Å². The van der Waals surface area contributed by atoms with Crippen LogP contribution in [0.5, 0.6) is 5.75 Å². The van der Waals surface area contributed by atoms with E-state index in [1.807, 2.05) is 16.7 Å². The quantitative estimate of drug-likeness (QED) is 0.200. The monoisotopic (exact) mass is 574 g/mol. The number of hydrogen-bond donors (Lipinski definition) is 1. The Hall–Kier alpha value is -4.27. The molecule has 0 aliphatic carbocycles. The van der Waals surface area contributed by atoms with Crippen LogP contribution in [0.4, 0.5) is 8.78 Å². The van der Waals surface area contributed by atoms with Crippen LogP contribution in [-0.2, 0) is 24.3 Å². The molecule has 1 atom stereocenters. The van der Waals surface area contributed by atoms with Crippen LogP contribution in [0.25, 0.3) is 22.2 Å². The van der Waals surface area contributed by atoms with Gasteiger partial charge in [0.25, 0.3) is 0 Å². The van der Waals surface area contributed by atoms with Gasteiger partial charge in [0.05, 0.1) is 29.2 Å². The number of aromatic nitrogens is 2. The summed E-state index contributed by atoms with van der Waals surface area (Å²) < 4.78 is 42.9. The highest BCUT2D eigenvalue weighted by Crippen LogP contribution is 2.29. The van der Waals surface area contributed by atoms with Gasteiger partial charge in [-0.15, -0.1) is 0 Å². The Bertz CT molecular complexity index is 1770. The van der Waals surface area contributed by atoms with E-state index < -0.39 is 11.8 Å². The van der Waals surface area contributed by atoms with Crippen molar-refractivity contribution < 1.29 is 28.2 Å². The van der Waals surface area contributed by atoms with E-state index in [4.69, 9.17) is 26.1 Å². The predicted molar refractivity (Wildman–Crippen MR) is 151 cm³/mol. The molecule has 1 unspecified atom stereocenters. The molecule has 41 heavy (non-hydrogen) atoms. The van der Waals surface area contributed by atoms with Crippen molar-refractivity contribution in [3.8, 4) is 16.9 Å². The standard InChI is InChI=1S/C32H25ClF2N2O4/c33-24-8-6-23(28(35)16-24)18-41-25-3-1-2-19(12-25)20-4-5-21(27(34)13-20)15-31-36-29-9-7-22(32(38)39)14-30(29)37(31)17-26-10-11-40-26/h1-9,12-14,16,26H,10-11,15,17-18H2,(H,38,39). The number of ether oxygens (including phenoxy) is 2. The van der Waals surface area contributed by atoms with Gasteiger partial charge < -0.3 is 19.1 Å². The Kier molecular flexibility index (Phi) is 7.43. The normalized spacial score (nSPS) is 14.7. The minimum Gasteiger partial charge on any atom is -0.489 e. The summed E-state index contributed by atoms with van der Waals surface area (Å²) in [6.45, 7) is 1.23. The van der Waals surface area contributed by atoms with Gasteiger partial charge in [0.1, 0.15) is 29.8 Å². The summed E-state index contributed by atoms with van der Waals surface area (Å²) in [7, 11) is 0. The molecule has 0 saturated carbocycles. The van der Waals surface area contributed by atoms with Crippen molar-refractivity contribution in [1.82, 2.24) is 9.55 Å². The number of halogens is 3. The summed E-state index contributed by atoms with van der Waals surface area (Å²) in [5, 5.41) is 9.78. The lowest BCUT2D eigenvalue weighted by atomic mass is 10.0. The Morgan fingerprint density at radius 2 is 1.78 bits per heavy atom. The number of hydrogen-bond acceptors (Lipinski definition) is 4. The zero-order valence-corrected chi connectivity index (χ0v) is 22.6. The van der Waals surface area contributed by atoms with Crippen molar-refractivity contribution in [3.05, 3.63) is 118 Å². The fourth-order valence-corrected chi connectivity index (χ4v) is 5.04. The number of rotatable bonds is 9. The van der Waals surface area contributed by atoms with Gasteiger partial charge in [0.2, 0.25) is 0 Å². The zero-order chi connectivity index (χ0) is 28.5. The first-order valence-corrected chi connectivity index (χ1v) is 13.5. The van der Waals surface area contributed by atoms with E-state index in [0.717, 1.165) is 12.0 Å². The summed E-state index contributed by atoms with van der Waals surface area (Å²) in [4.78, 5) is 16.3. The summed E-state index contributed by atoms with van der Waals surface area (Å²) in [6, 6.07) is 21.4. The van der Waals surface area contributed by atoms with Gasteiger partial charge >= 0.3 is 5.97 Å². The second-order valence-corrected chi connectivity index (χ2v) is 10.4. The lowest BCUT2D eigenvalue weighted by Gasteiger charge is -2.27. The summed E-state index contributed by atoms with van der Waals surface area (Å²) in [5.41, 5.74) is 3.75. The number of carbonyl (C=O) groups is 1. The van der Waals surface area contributed by atoms with Gasteiger partial charge in [-0.05, 0) is 71.6 Å². The number of carboxylic acids is 1. The molecule has 0 radical (unpaired) electrons. The molecule has 5 aromatic rings. The molecule has 6 nitrogen and oxygen atoms in total. The third-order valence-corrected chi connectivity index (χ3v) is 7.47. The molecule has 1 N–H and O–H groups in total. The van der Waals surface area contributed by atoms with Gasteiger partial charge in [0.15, 0.2) is 0 Å². The highest BCUT2D eigenvalue weighted by Gasteiger charge is 2.23. The third kappa shape index (κ3) is 5.80. The maximum atomic E-state index is 15.4. The van der Waals surface area contributed by atoms with Crippen molar-refractivity contribution in [2.24, 2.45) is 0 Å². The van der Waals surface area contributed by atoms with Gasteiger partial charge in [-0.25, -0.2) is 18.6 Å². The van der Waals surface area contributed by atoms with E-state index in [-0.39, 0.29) is 30.5 Å². The summed E-state index contributed by atoms with van der Waals surface area (Å²) >= 11 is 5.82. The molecular formula is C32H25ClF2N2O4. The lowest BCUT2D eigenvalue weighted by molar-refractivity contribution is -0.0589. The number of carboxylic acid groups (broad SMARTS) is 1. The van der Waals surface area contributed by atoms with E-state index in [1.165, 1.54) is 18.2 Å². The van der Waals surface area contributed by atoms with E-state index in [1.54, 1.807) is 48.5 Å². The van der Waals surface area contributed by atoms with E-state index >= 15 is 4.39 Å². The van der Waals surface area contributed by atoms with Crippen LogP contribution in [0.3, 0.4) is 0 Å². The van der Waals surface area contributed by atoms with Crippen LogP contribution >= 0.6 is 11.6 Å². The minimum absolute atomic E-state index is 0.0116. The average molecular weight is 575 g/mol. The molecule has 9 heteroatoms. The van der Waals surface area contributed by atoms with Crippen molar-refractivity contribution in [2.75, 3.05) is 6.61 Å². The zero-order valence-electron chi connectivity index (χ0n) is 21.8. The summed E-state index contributed by atoms with van der Waals surface area (Å²) in [6.07, 6.45) is 1.14. The molecule has 208 valence electrons. The number of nitrogens with zero attached hydrogens (tertiary/aromatic N) is 2. The molecule has 4 aromatic carbocycles. The molecule has 0 bridgehead atoms. The average Bonchev–Trinajstić information content (AvgIpc) is 3.27. The van der Waals surface area contributed by atoms with Gasteiger partial charge in [-0.3, -0.25) is 0 Å². The molecule has 1 saturated heterocycles. The van der Waals surface area contributed by atoms with Gasteiger partial charge in [0, 0.05) is 23.6 Å². The molecule has 0 spiro atoms. The number of imidazole rings is 1. The predicted octanol–water partition coefficient (Wildman–Crippen LogP) is 7.29. The molecule has 1 aliphatic rings. The Balaban J connectivity index is 1.24. The third-order valence-electron chi connectivity index (χ3n) is 7.23. The van der Waals surface area contributed by atoms with Crippen LogP contribution in [0.15, 0.2) is 78.9 Å². The topological polar surface area (TPSA) is 73.6 Å². The highest BCUT2D eigenvalue weighted by atomic mass is 35.5. The largest absolute Gasteiger partial charge is 0.489 e. The Morgan fingerprint density at radius 1 is 1.00 bits per heavy atom. The first kappa shape index (κ1) is 26.9. The minimum atomic E-state index is -1.02. The smallest absolute Gasteiger partial charge is 0.335 e. The number of benzene rings is 4. The van der Waals surface area contributed by atoms with Crippen LogP contribution in [0.2, 0.25) is 5.02 Å². The van der Waals surface area contributed by atoms with E-state index in [9.17, 15) is 14.3 Å². The first-order chi connectivity index (χ1) is 19.8. The molecule has 1 aliphatic heterocycles. The lowest BCUT2D eigenvalue weighted by Crippen LogP contribution is -2.31. The van der Waals surface area contributed by atoms with Crippen molar-refractivity contribution in [3.63, 3.8) is 0 Å². The highest BCUT2D eigenvalue weighted by molar-refractivity contribution is 6.30. The maximum absolute atomic E-state index is 15.4. The van der Waals surface area contributed by atoms with E-state index in [2.05, 4.69) is 0 Å². The first-order valence-electron chi connectivity index (χ1n) is 13.1. The number of fused-ring (bicyclic) bond motifs is 1. The molecule has 1 aromatic heterocycles. The van der Waals surface area contributed by atoms with Crippen LogP contribution in [-0.4, -0.2) is 33.3 Å². The molecule has 2 heterocycles. The van der Waals surface area contributed by atoms with Crippen molar-refractivity contribution in [2.45, 2.75) is 32.1 Å². The molecule has 6 rings (SSSR count). The fourth-order valence-electron chi connectivity index (χ4n) is 4.88.